The van der Waals surface area contributed by atoms with Gasteiger partial charge in [0.05, 0.1) is 23.7 Å². The van der Waals surface area contributed by atoms with Crippen molar-refractivity contribution in [3.63, 3.8) is 0 Å². The lowest BCUT2D eigenvalue weighted by molar-refractivity contribution is -0.124. The van der Waals surface area contributed by atoms with E-state index in [4.69, 9.17) is 4.74 Å². The topological polar surface area (TPSA) is 77.3 Å². The zero-order chi connectivity index (χ0) is 25.9. The van der Waals surface area contributed by atoms with Gasteiger partial charge in [0.25, 0.3) is 0 Å². The van der Waals surface area contributed by atoms with Gasteiger partial charge in [-0.15, -0.1) is 11.3 Å². The maximum absolute atomic E-state index is 14.1. The predicted octanol–water partition coefficient (Wildman–Crippen LogP) is 5.87. The van der Waals surface area contributed by atoms with E-state index in [2.05, 4.69) is 49.6 Å². The number of thiophene rings is 1. The largest absolute Gasteiger partial charge is 0.465 e. The average Bonchev–Trinajstić information content (AvgIpc) is 3.54. The van der Waals surface area contributed by atoms with Gasteiger partial charge in [0, 0.05) is 17.4 Å². The summed E-state index contributed by atoms with van der Waals surface area (Å²) in [6, 6.07) is 2.24. The van der Waals surface area contributed by atoms with Crippen LogP contribution in [0, 0.1) is 29.1 Å². The van der Waals surface area contributed by atoms with E-state index < -0.39 is 5.97 Å². The molecule has 7 nitrogen and oxygen atoms in total. The minimum absolute atomic E-state index is 0.0104. The number of rotatable bonds is 5. The highest BCUT2D eigenvalue weighted by atomic mass is 32.1. The minimum atomic E-state index is -0.412. The number of methoxy groups -OCH3 is 1. The molecule has 0 spiro atoms. The molecule has 2 aliphatic carbocycles. The molecule has 0 unspecified atom stereocenters. The molecular formula is C28H38N4O3S. The van der Waals surface area contributed by atoms with E-state index in [9.17, 15) is 9.59 Å². The lowest BCUT2D eigenvalue weighted by Gasteiger charge is -2.39. The van der Waals surface area contributed by atoms with E-state index in [1.54, 1.807) is 12.7 Å². The molecule has 36 heavy (non-hydrogen) atoms. The number of carbonyl (C=O) groups is 2. The number of ether oxygens (including phenoxy) is 1. The van der Waals surface area contributed by atoms with Gasteiger partial charge in [0.15, 0.2) is 0 Å². The van der Waals surface area contributed by atoms with E-state index in [0.29, 0.717) is 16.5 Å². The second-order valence-electron chi connectivity index (χ2n) is 11.3. The van der Waals surface area contributed by atoms with Crippen molar-refractivity contribution in [1.82, 2.24) is 14.8 Å². The Labute approximate surface area is 218 Å². The van der Waals surface area contributed by atoms with Crippen LogP contribution in [-0.2, 0) is 9.53 Å². The van der Waals surface area contributed by atoms with E-state index >= 15 is 0 Å². The highest BCUT2D eigenvalue weighted by molar-refractivity contribution is 7.15. The number of esters is 1. The number of hydrogen-bond donors (Lipinski definition) is 0. The van der Waals surface area contributed by atoms with Gasteiger partial charge in [0.2, 0.25) is 5.91 Å². The molecule has 2 saturated carbocycles. The molecule has 0 atom stereocenters. The Balaban J connectivity index is 1.68. The average molecular weight is 511 g/mol. The molecule has 0 saturated heterocycles. The van der Waals surface area contributed by atoms with Crippen molar-refractivity contribution in [2.24, 2.45) is 17.3 Å². The number of amides is 1. The Hall–Kier alpha value is -2.66. The molecule has 0 radical (unpaired) electrons. The zero-order valence-corrected chi connectivity index (χ0v) is 22.9. The number of nitrogens with zero attached hydrogens (tertiary/aromatic N) is 4. The smallest absolute Gasteiger partial charge is 0.350 e. The number of hydrogen-bond acceptors (Lipinski definition) is 6. The third kappa shape index (κ3) is 6.18. The molecule has 8 heteroatoms. The van der Waals surface area contributed by atoms with Crippen molar-refractivity contribution in [2.75, 3.05) is 12.0 Å². The second kappa shape index (κ2) is 11.2. The van der Waals surface area contributed by atoms with Crippen LogP contribution in [-0.4, -0.2) is 39.8 Å². The van der Waals surface area contributed by atoms with Gasteiger partial charge in [0.1, 0.15) is 17.5 Å². The van der Waals surface area contributed by atoms with E-state index in [0.717, 1.165) is 56.2 Å². The molecule has 0 N–H and O–H groups in total. The summed E-state index contributed by atoms with van der Waals surface area (Å²) >= 11 is 1.32. The first-order valence-corrected chi connectivity index (χ1v) is 13.9. The van der Waals surface area contributed by atoms with Crippen LogP contribution in [0.4, 0.5) is 5.69 Å². The minimum Gasteiger partial charge on any atom is -0.465 e. The molecule has 2 heterocycles. The van der Waals surface area contributed by atoms with Crippen molar-refractivity contribution < 1.29 is 14.3 Å². The lowest BCUT2D eigenvalue weighted by Crippen LogP contribution is -2.46. The number of anilines is 1. The second-order valence-corrected chi connectivity index (χ2v) is 12.4. The Morgan fingerprint density at radius 1 is 1.11 bits per heavy atom. The van der Waals surface area contributed by atoms with Crippen LogP contribution in [0.3, 0.4) is 0 Å². The lowest BCUT2D eigenvalue weighted by atomic mass is 9.81. The van der Waals surface area contributed by atoms with Crippen LogP contribution >= 0.6 is 11.3 Å². The van der Waals surface area contributed by atoms with Crippen LogP contribution in [0.25, 0.3) is 0 Å². The number of carbonyl (C=O) groups excluding carboxylic acids is 2. The van der Waals surface area contributed by atoms with Gasteiger partial charge >= 0.3 is 5.97 Å². The number of aromatic nitrogens is 3. The maximum atomic E-state index is 14.1. The summed E-state index contributed by atoms with van der Waals surface area (Å²) in [4.78, 5) is 34.3. The first-order chi connectivity index (χ1) is 17.2. The molecule has 2 aromatic rings. The first-order valence-electron chi connectivity index (χ1n) is 13.1. The van der Waals surface area contributed by atoms with Crippen molar-refractivity contribution >= 4 is 28.9 Å². The highest BCUT2D eigenvalue weighted by Crippen LogP contribution is 2.40. The van der Waals surface area contributed by atoms with Gasteiger partial charge in [-0.2, -0.15) is 5.10 Å². The molecule has 1 amide bonds. The molecule has 0 aliphatic heterocycles. The molecule has 0 aromatic carbocycles. The SMILES string of the molecule is COC(=O)c1sc(C#CC(C)(C)C)cc1N(C(=O)C1CCC(C)CC1)C1CCC(n2cncn2)CC1. The summed E-state index contributed by atoms with van der Waals surface area (Å²) < 4.78 is 7.07. The Morgan fingerprint density at radius 2 is 1.81 bits per heavy atom. The van der Waals surface area contributed by atoms with Crippen molar-refractivity contribution in [3.05, 3.63) is 28.5 Å². The summed E-state index contributed by atoms with van der Waals surface area (Å²) in [7, 11) is 1.39. The monoisotopic (exact) mass is 510 g/mol. The Morgan fingerprint density at radius 3 is 2.39 bits per heavy atom. The predicted molar refractivity (Wildman–Crippen MR) is 142 cm³/mol. The fraction of sp³-hybridized carbons (Fsp3) is 0.643. The fourth-order valence-corrected chi connectivity index (χ4v) is 6.22. The van der Waals surface area contributed by atoms with Crippen LogP contribution in [0.2, 0.25) is 0 Å². The van der Waals surface area contributed by atoms with Gasteiger partial charge < -0.3 is 9.64 Å². The summed E-state index contributed by atoms with van der Waals surface area (Å²) in [6.45, 7) is 8.44. The zero-order valence-electron chi connectivity index (χ0n) is 22.1. The quantitative estimate of drug-likeness (QED) is 0.372. The van der Waals surface area contributed by atoms with Crippen LogP contribution in [0.1, 0.15) is 99.7 Å². The van der Waals surface area contributed by atoms with Crippen molar-refractivity contribution in [1.29, 1.82) is 0 Å². The van der Waals surface area contributed by atoms with E-state index in [1.807, 2.05) is 15.6 Å². The third-order valence-electron chi connectivity index (χ3n) is 7.35. The van der Waals surface area contributed by atoms with Crippen LogP contribution < -0.4 is 4.90 Å². The van der Waals surface area contributed by atoms with Gasteiger partial charge in [-0.25, -0.2) is 14.5 Å². The summed E-state index contributed by atoms with van der Waals surface area (Å²) in [5.74, 6) is 6.88. The molecule has 2 aromatic heterocycles. The summed E-state index contributed by atoms with van der Waals surface area (Å²) in [5.41, 5.74) is 0.502. The molecule has 4 rings (SSSR count). The van der Waals surface area contributed by atoms with E-state index in [-0.39, 0.29) is 29.3 Å². The van der Waals surface area contributed by atoms with Gasteiger partial charge in [-0.1, -0.05) is 18.8 Å². The van der Waals surface area contributed by atoms with Crippen LogP contribution in [0.5, 0.6) is 0 Å². The first kappa shape index (κ1) is 26.4. The fourth-order valence-electron chi connectivity index (χ4n) is 5.30. The van der Waals surface area contributed by atoms with E-state index in [1.165, 1.54) is 18.4 Å². The maximum Gasteiger partial charge on any atom is 0.350 e. The molecule has 2 fully saturated rings. The van der Waals surface area contributed by atoms with Crippen molar-refractivity contribution in [2.45, 2.75) is 91.1 Å². The Kier molecular flexibility index (Phi) is 8.19. The highest BCUT2D eigenvalue weighted by Gasteiger charge is 2.38. The summed E-state index contributed by atoms with van der Waals surface area (Å²) in [6.07, 6.45) is 10.8. The molecular weight excluding hydrogens is 472 g/mol. The van der Waals surface area contributed by atoms with Crippen LogP contribution in [0.15, 0.2) is 18.7 Å². The molecule has 0 bridgehead atoms. The standard InChI is InChI=1S/C28H38N4O3S/c1-19-6-8-20(9-7-19)26(33)32(22-12-10-21(11-13-22)31-18-29-17-30-31)24-16-23(14-15-28(2,3)4)36-25(24)27(34)35-5/h16-22H,6-13H2,1-5H3. The van der Waals surface area contributed by atoms with Crippen molar-refractivity contribution in [3.8, 4) is 11.8 Å². The molecule has 194 valence electrons. The molecule has 2 aliphatic rings. The Bertz CT molecular complexity index is 1110. The van der Waals surface area contributed by atoms with Gasteiger partial charge in [-0.05, 0) is 84.1 Å². The third-order valence-corrected chi connectivity index (χ3v) is 8.37. The van der Waals surface area contributed by atoms with Gasteiger partial charge in [-0.3, -0.25) is 4.79 Å². The normalized spacial score (nSPS) is 24.5. The summed E-state index contributed by atoms with van der Waals surface area (Å²) in [5, 5.41) is 4.33.